The molecule has 0 spiro atoms. The molecule has 1 aromatic rings. The molecule has 2 rings (SSSR count). The standard InChI is InChI=1S/C15H28N4/c1-5-14-11-19(15(4,6-2)12-17-14)10-9-18-8-7-16-13(18)3/h7-8,14,17H,5-6,9-12H2,1-4H3. The summed E-state index contributed by atoms with van der Waals surface area (Å²) in [4.78, 5) is 6.96. The molecule has 2 atom stereocenters. The van der Waals surface area contributed by atoms with Gasteiger partial charge in [0, 0.05) is 50.2 Å². The maximum atomic E-state index is 4.30. The molecule has 4 nitrogen and oxygen atoms in total. The second kappa shape index (κ2) is 6.06. The lowest BCUT2D eigenvalue weighted by Gasteiger charge is -2.48. The Labute approximate surface area is 117 Å². The van der Waals surface area contributed by atoms with Crippen LogP contribution in [-0.4, -0.2) is 45.7 Å². The fraction of sp³-hybridized carbons (Fsp3) is 0.800. The van der Waals surface area contributed by atoms with Gasteiger partial charge < -0.3 is 9.88 Å². The summed E-state index contributed by atoms with van der Waals surface area (Å²) < 4.78 is 2.25. The minimum absolute atomic E-state index is 0.292. The highest BCUT2D eigenvalue weighted by molar-refractivity contribution is 4.95. The SMILES string of the molecule is CCC1CN(CCn2ccnc2C)C(C)(CC)CN1. The van der Waals surface area contributed by atoms with Crippen LogP contribution in [0.15, 0.2) is 12.4 Å². The summed E-state index contributed by atoms with van der Waals surface area (Å²) in [6, 6.07) is 0.642. The summed E-state index contributed by atoms with van der Waals surface area (Å²) in [7, 11) is 0. The third-order valence-corrected chi connectivity index (χ3v) is 4.76. The fourth-order valence-electron chi connectivity index (χ4n) is 2.88. The molecule has 0 saturated carbocycles. The van der Waals surface area contributed by atoms with E-state index in [4.69, 9.17) is 0 Å². The molecule has 1 saturated heterocycles. The van der Waals surface area contributed by atoms with Gasteiger partial charge in [-0.3, -0.25) is 4.90 Å². The lowest BCUT2D eigenvalue weighted by molar-refractivity contribution is 0.0449. The van der Waals surface area contributed by atoms with Crippen LogP contribution in [0.5, 0.6) is 0 Å². The molecule has 1 aliphatic heterocycles. The Bertz CT molecular complexity index is 401. The van der Waals surface area contributed by atoms with E-state index < -0.39 is 0 Å². The molecule has 1 N–H and O–H groups in total. The van der Waals surface area contributed by atoms with Crippen LogP contribution in [0.3, 0.4) is 0 Å². The molecule has 0 bridgehead atoms. The summed E-state index contributed by atoms with van der Waals surface area (Å²) in [5.41, 5.74) is 0.292. The van der Waals surface area contributed by atoms with Gasteiger partial charge in [0.1, 0.15) is 5.82 Å². The van der Waals surface area contributed by atoms with Gasteiger partial charge in [-0.25, -0.2) is 4.98 Å². The van der Waals surface area contributed by atoms with Crippen LogP contribution in [0.25, 0.3) is 0 Å². The van der Waals surface area contributed by atoms with Crippen molar-refractivity contribution in [3.8, 4) is 0 Å². The van der Waals surface area contributed by atoms with Crippen molar-refractivity contribution in [2.45, 2.75) is 58.7 Å². The number of aromatic nitrogens is 2. The second-order valence-corrected chi connectivity index (χ2v) is 5.95. The molecule has 4 heteroatoms. The number of imidazole rings is 1. The van der Waals surface area contributed by atoms with E-state index in [1.807, 2.05) is 6.20 Å². The summed E-state index contributed by atoms with van der Waals surface area (Å²) in [6.07, 6.45) is 6.37. The van der Waals surface area contributed by atoms with Crippen LogP contribution in [0, 0.1) is 6.92 Å². The number of hydrogen-bond acceptors (Lipinski definition) is 3. The lowest BCUT2D eigenvalue weighted by atomic mass is 9.91. The van der Waals surface area contributed by atoms with Crippen molar-refractivity contribution in [1.29, 1.82) is 0 Å². The first-order chi connectivity index (χ1) is 9.09. The lowest BCUT2D eigenvalue weighted by Crippen LogP contribution is -2.63. The van der Waals surface area contributed by atoms with Crippen molar-refractivity contribution in [2.75, 3.05) is 19.6 Å². The summed E-state index contributed by atoms with van der Waals surface area (Å²) in [6.45, 7) is 13.4. The summed E-state index contributed by atoms with van der Waals surface area (Å²) in [5, 5.41) is 3.68. The summed E-state index contributed by atoms with van der Waals surface area (Å²) >= 11 is 0. The van der Waals surface area contributed by atoms with Gasteiger partial charge in [0.15, 0.2) is 0 Å². The van der Waals surface area contributed by atoms with E-state index in [1.165, 1.54) is 12.8 Å². The molecule has 1 aromatic heterocycles. The molecule has 2 heterocycles. The average Bonchev–Trinajstić information content (AvgIpc) is 2.83. The van der Waals surface area contributed by atoms with Crippen LogP contribution in [0.4, 0.5) is 0 Å². The predicted octanol–water partition coefficient (Wildman–Crippen LogP) is 2.04. The molecule has 0 aliphatic carbocycles. The number of aryl methyl sites for hydroxylation is 1. The minimum Gasteiger partial charge on any atom is -0.334 e. The first-order valence-electron chi connectivity index (χ1n) is 7.55. The number of nitrogens with one attached hydrogen (secondary N) is 1. The molecule has 0 amide bonds. The van der Waals surface area contributed by atoms with Gasteiger partial charge in [-0.1, -0.05) is 13.8 Å². The van der Waals surface area contributed by atoms with E-state index in [0.29, 0.717) is 11.6 Å². The number of nitrogens with zero attached hydrogens (tertiary/aromatic N) is 3. The molecule has 1 aliphatic rings. The van der Waals surface area contributed by atoms with E-state index >= 15 is 0 Å². The number of rotatable bonds is 5. The van der Waals surface area contributed by atoms with Gasteiger partial charge in [-0.2, -0.15) is 0 Å². The highest BCUT2D eigenvalue weighted by Crippen LogP contribution is 2.23. The Hall–Kier alpha value is -0.870. The minimum atomic E-state index is 0.292. The van der Waals surface area contributed by atoms with Crippen molar-refractivity contribution in [3.63, 3.8) is 0 Å². The van der Waals surface area contributed by atoms with Gasteiger partial charge in [-0.05, 0) is 26.7 Å². The topological polar surface area (TPSA) is 33.1 Å². The molecule has 1 fully saturated rings. The van der Waals surface area contributed by atoms with Crippen LogP contribution < -0.4 is 5.32 Å². The van der Waals surface area contributed by atoms with Crippen molar-refractivity contribution in [3.05, 3.63) is 18.2 Å². The quantitative estimate of drug-likeness (QED) is 0.883. The Balaban J connectivity index is 2.00. The molecule has 0 radical (unpaired) electrons. The van der Waals surface area contributed by atoms with Crippen LogP contribution in [0.1, 0.15) is 39.4 Å². The Morgan fingerprint density at radius 2 is 2.21 bits per heavy atom. The molecule has 0 aromatic carbocycles. The average molecular weight is 264 g/mol. The van der Waals surface area contributed by atoms with Crippen molar-refractivity contribution in [1.82, 2.24) is 19.8 Å². The third kappa shape index (κ3) is 3.18. The maximum absolute atomic E-state index is 4.30. The zero-order valence-corrected chi connectivity index (χ0v) is 12.8. The van der Waals surface area contributed by atoms with Gasteiger partial charge in [0.2, 0.25) is 0 Å². The Kier molecular flexibility index (Phi) is 4.63. The first-order valence-corrected chi connectivity index (χ1v) is 7.55. The molecule has 2 unspecified atom stereocenters. The van der Waals surface area contributed by atoms with Gasteiger partial charge in [0.25, 0.3) is 0 Å². The van der Waals surface area contributed by atoms with Crippen LogP contribution in [0.2, 0.25) is 0 Å². The first kappa shape index (κ1) is 14.5. The largest absolute Gasteiger partial charge is 0.334 e. The smallest absolute Gasteiger partial charge is 0.105 e. The van der Waals surface area contributed by atoms with Crippen LogP contribution >= 0.6 is 0 Å². The van der Waals surface area contributed by atoms with E-state index in [2.05, 4.69) is 53.7 Å². The highest BCUT2D eigenvalue weighted by atomic mass is 15.3. The zero-order valence-electron chi connectivity index (χ0n) is 12.8. The highest BCUT2D eigenvalue weighted by Gasteiger charge is 2.35. The zero-order chi connectivity index (χ0) is 13.9. The van der Waals surface area contributed by atoms with Gasteiger partial charge in [-0.15, -0.1) is 0 Å². The fourth-order valence-corrected chi connectivity index (χ4v) is 2.88. The normalized spacial score (nSPS) is 28.7. The second-order valence-electron chi connectivity index (χ2n) is 5.95. The maximum Gasteiger partial charge on any atom is 0.105 e. The van der Waals surface area contributed by atoms with Gasteiger partial charge in [0.05, 0.1) is 0 Å². The third-order valence-electron chi connectivity index (χ3n) is 4.76. The van der Waals surface area contributed by atoms with E-state index in [1.54, 1.807) is 0 Å². The van der Waals surface area contributed by atoms with E-state index in [-0.39, 0.29) is 0 Å². The molecular formula is C15H28N4. The van der Waals surface area contributed by atoms with Crippen LogP contribution in [-0.2, 0) is 6.54 Å². The Morgan fingerprint density at radius 1 is 1.42 bits per heavy atom. The number of piperazine rings is 1. The van der Waals surface area contributed by atoms with Crippen molar-refractivity contribution < 1.29 is 0 Å². The van der Waals surface area contributed by atoms with E-state index in [0.717, 1.165) is 32.0 Å². The molecular weight excluding hydrogens is 236 g/mol. The monoisotopic (exact) mass is 264 g/mol. The Morgan fingerprint density at radius 3 is 2.79 bits per heavy atom. The van der Waals surface area contributed by atoms with Crippen molar-refractivity contribution >= 4 is 0 Å². The van der Waals surface area contributed by atoms with Crippen molar-refractivity contribution in [2.24, 2.45) is 0 Å². The summed E-state index contributed by atoms with van der Waals surface area (Å²) in [5.74, 6) is 1.11. The number of hydrogen-bond donors (Lipinski definition) is 1. The predicted molar refractivity (Wildman–Crippen MR) is 79.3 cm³/mol. The van der Waals surface area contributed by atoms with Gasteiger partial charge >= 0.3 is 0 Å². The molecule has 19 heavy (non-hydrogen) atoms. The molecule has 108 valence electrons. The van der Waals surface area contributed by atoms with E-state index in [9.17, 15) is 0 Å².